The van der Waals surface area contributed by atoms with Crippen molar-refractivity contribution >= 4 is 11.1 Å². The van der Waals surface area contributed by atoms with E-state index < -0.39 is 0 Å². The zero-order chi connectivity index (χ0) is 14.9. The van der Waals surface area contributed by atoms with Gasteiger partial charge in [-0.1, -0.05) is 24.3 Å². The molecule has 0 N–H and O–H groups in total. The molecule has 0 radical (unpaired) electrons. The maximum absolute atomic E-state index is 12.3. The van der Waals surface area contributed by atoms with Crippen molar-refractivity contribution in [1.29, 1.82) is 0 Å². The Bertz CT molecular complexity index is 970. The normalized spacial score (nSPS) is 10.9. The van der Waals surface area contributed by atoms with E-state index in [-0.39, 0.29) is 5.56 Å². The van der Waals surface area contributed by atoms with Crippen molar-refractivity contribution in [2.45, 2.75) is 0 Å². The van der Waals surface area contributed by atoms with Gasteiger partial charge in [0.2, 0.25) is 5.89 Å². The van der Waals surface area contributed by atoms with E-state index in [2.05, 4.69) is 9.97 Å². The fourth-order valence-electron chi connectivity index (χ4n) is 2.36. The van der Waals surface area contributed by atoms with E-state index >= 15 is 0 Å². The Kier molecular flexibility index (Phi) is 2.83. The largest absolute Gasteiger partial charge is 0.435 e. The molecule has 0 bridgehead atoms. The van der Waals surface area contributed by atoms with Crippen LogP contribution in [0.25, 0.3) is 28.5 Å². The Hall–Kier alpha value is -3.21. The van der Waals surface area contributed by atoms with Gasteiger partial charge in [0, 0.05) is 12.3 Å². The molecule has 4 rings (SSSR count). The number of para-hydroxylation sites is 2. The zero-order valence-electron chi connectivity index (χ0n) is 11.5. The summed E-state index contributed by atoms with van der Waals surface area (Å²) < 4.78 is 7.26. The molecule has 4 aromatic rings. The van der Waals surface area contributed by atoms with Crippen LogP contribution in [0.15, 0.2) is 76.1 Å². The zero-order valence-corrected chi connectivity index (χ0v) is 11.5. The summed E-state index contributed by atoms with van der Waals surface area (Å²) in [5.74, 6) is 0.926. The summed E-state index contributed by atoms with van der Waals surface area (Å²) in [6.45, 7) is 0. The summed E-state index contributed by atoms with van der Waals surface area (Å²) in [4.78, 5) is 21.0. The van der Waals surface area contributed by atoms with Crippen molar-refractivity contribution in [2.24, 2.45) is 0 Å². The molecule has 5 heteroatoms. The average Bonchev–Trinajstić information content (AvgIpc) is 2.99. The molecule has 1 aromatic carbocycles. The highest BCUT2D eigenvalue weighted by molar-refractivity contribution is 5.75. The van der Waals surface area contributed by atoms with Crippen molar-refractivity contribution in [3.63, 3.8) is 0 Å². The summed E-state index contributed by atoms with van der Waals surface area (Å²) in [5.41, 5.74) is 1.82. The molecule has 0 amide bonds. The minimum atomic E-state index is -0.182. The molecule has 0 fully saturated rings. The quantitative estimate of drug-likeness (QED) is 0.569. The van der Waals surface area contributed by atoms with Gasteiger partial charge < -0.3 is 4.42 Å². The second-order valence-electron chi connectivity index (χ2n) is 4.76. The number of nitrogens with zero attached hydrogens (tertiary/aromatic N) is 3. The minimum Gasteiger partial charge on any atom is -0.435 e. The van der Waals surface area contributed by atoms with Gasteiger partial charge in [0.15, 0.2) is 5.58 Å². The maximum Gasteiger partial charge on any atom is 0.256 e. The summed E-state index contributed by atoms with van der Waals surface area (Å²) in [5, 5.41) is 0. The van der Waals surface area contributed by atoms with Crippen LogP contribution in [0.2, 0.25) is 0 Å². The fraction of sp³-hybridized carbons (Fsp3) is 0. The van der Waals surface area contributed by atoms with E-state index in [1.165, 1.54) is 10.6 Å². The predicted molar refractivity (Wildman–Crippen MR) is 82.8 cm³/mol. The lowest BCUT2D eigenvalue weighted by Crippen LogP contribution is -2.19. The number of oxazole rings is 1. The SMILES string of the molecule is O=c1cccc(-c2nc3ccccc3o2)n1-c1ccccn1. The number of pyridine rings is 2. The van der Waals surface area contributed by atoms with Crippen LogP contribution in [0.3, 0.4) is 0 Å². The minimum absolute atomic E-state index is 0.182. The molecule has 0 atom stereocenters. The fourth-order valence-corrected chi connectivity index (χ4v) is 2.36. The topological polar surface area (TPSA) is 60.9 Å². The highest BCUT2D eigenvalue weighted by atomic mass is 16.3. The van der Waals surface area contributed by atoms with Crippen LogP contribution in [0, 0.1) is 0 Å². The molecule has 22 heavy (non-hydrogen) atoms. The predicted octanol–water partition coefficient (Wildman–Crippen LogP) is 3.04. The lowest BCUT2D eigenvalue weighted by atomic mass is 10.3. The van der Waals surface area contributed by atoms with Gasteiger partial charge in [-0.15, -0.1) is 0 Å². The lowest BCUT2D eigenvalue weighted by molar-refractivity contribution is 0.612. The summed E-state index contributed by atoms with van der Waals surface area (Å²) >= 11 is 0. The summed E-state index contributed by atoms with van der Waals surface area (Å²) in [6.07, 6.45) is 1.64. The monoisotopic (exact) mass is 289 g/mol. The van der Waals surface area contributed by atoms with Crippen LogP contribution in [-0.4, -0.2) is 14.5 Å². The van der Waals surface area contributed by atoms with E-state index in [0.717, 1.165) is 5.52 Å². The van der Waals surface area contributed by atoms with E-state index in [1.54, 1.807) is 30.5 Å². The van der Waals surface area contributed by atoms with Gasteiger partial charge in [-0.25, -0.2) is 9.97 Å². The highest BCUT2D eigenvalue weighted by Crippen LogP contribution is 2.24. The van der Waals surface area contributed by atoms with Crippen LogP contribution in [0.5, 0.6) is 0 Å². The van der Waals surface area contributed by atoms with Crippen LogP contribution < -0.4 is 5.56 Å². The Morgan fingerprint density at radius 1 is 0.909 bits per heavy atom. The number of aromatic nitrogens is 3. The molecule has 3 heterocycles. The maximum atomic E-state index is 12.3. The van der Waals surface area contributed by atoms with Crippen LogP contribution in [0.1, 0.15) is 0 Å². The second kappa shape index (κ2) is 4.96. The number of benzene rings is 1. The molecule has 0 aliphatic carbocycles. The molecule has 0 saturated heterocycles. The average molecular weight is 289 g/mol. The van der Waals surface area contributed by atoms with Gasteiger partial charge in [-0.05, 0) is 30.3 Å². The Labute approximate surface area is 125 Å². The van der Waals surface area contributed by atoms with Gasteiger partial charge in [-0.2, -0.15) is 0 Å². The van der Waals surface area contributed by atoms with Gasteiger partial charge >= 0.3 is 0 Å². The third-order valence-corrected chi connectivity index (χ3v) is 3.35. The number of fused-ring (bicyclic) bond motifs is 1. The standard InChI is InChI=1S/C17H11N3O2/c21-16-10-5-7-13(20(16)15-9-3-4-11-18-15)17-19-12-6-1-2-8-14(12)22-17/h1-11H. The Balaban J connectivity index is 1.99. The molecule has 0 aliphatic heterocycles. The lowest BCUT2D eigenvalue weighted by Gasteiger charge is -2.08. The molecule has 0 unspecified atom stereocenters. The van der Waals surface area contributed by atoms with E-state index in [4.69, 9.17) is 4.42 Å². The van der Waals surface area contributed by atoms with Gasteiger partial charge in [0.1, 0.15) is 17.0 Å². The summed E-state index contributed by atoms with van der Waals surface area (Å²) in [7, 11) is 0. The Morgan fingerprint density at radius 2 is 1.77 bits per heavy atom. The first-order valence-electron chi connectivity index (χ1n) is 6.82. The molecule has 0 aliphatic rings. The first kappa shape index (κ1) is 12.5. The molecular weight excluding hydrogens is 278 g/mol. The number of rotatable bonds is 2. The second-order valence-corrected chi connectivity index (χ2v) is 4.76. The van der Waals surface area contributed by atoms with Crippen LogP contribution in [0.4, 0.5) is 0 Å². The van der Waals surface area contributed by atoms with E-state index in [1.807, 2.05) is 30.3 Å². The first-order valence-corrected chi connectivity index (χ1v) is 6.82. The molecule has 5 nitrogen and oxygen atoms in total. The van der Waals surface area contributed by atoms with Gasteiger partial charge in [0.05, 0.1) is 0 Å². The highest BCUT2D eigenvalue weighted by Gasteiger charge is 2.14. The molecule has 106 valence electrons. The summed E-state index contributed by atoms with van der Waals surface area (Å²) in [6, 6.07) is 17.9. The van der Waals surface area contributed by atoms with Crippen LogP contribution in [-0.2, 0) is 0 Å². The van der Waals surface area contributed by atoms with Gasteiger partial charge in [-0.3, -0.25) is 9.36 Å². The van der Waals surface area contributed by atoms with Crippen molar-refractivity contribution < 1.29 is 4.42 Å². The number of hydrogen-bond donors (Lipinski definition) is 0. The van der Waals surface area contributed by atoms with Gasteiger partial charge in [0.25, 0.3) is 5.56 Å². The molecule has 0 saturated carbocycles. The molecule has 0 spiro atoms. The van der Waals surface area contributed by atoms with Crippen molar-refractivity contribution in [3.8, 4) is 17.4 Å². The van der Waals surface area contributed by atoms with E-state index in [9.17, 15) is 4.79 Å². The van der Waals surface area contributed by atoms with Crippen LogP contribution >= 0.6 is 0 Å². The molecule has 3 aromatic heterocycles. The first-order chi connectivity index (χ1) is 10.8. The third-order valence-electron chi connectivity index (χ3n) is 3.35. The van der Waals surface area contributed by atoms with Crippen molar-refractivity contribution in [3.05, 3.63) is 77.2 Å². The van der Waals surface area contributed by atoms with E-state index in [0.29, 0.717) is 23.0 Å². The van der Waals surface area contributed by atoms with Crippen molar-refractivity contribution in [2.75, 3.05) is 0 Å². The number of hydrogen-bond acceptors (Lipinski definition) is 4. The third kappa shape index (κ3) is 2.00. The molecular formula is C17H11N3O2. The van der Waals surface area contributed by atoms with Crippen molar-refractivity contribution in [1.82, 2.24) is 14.5 Å². The Morgan fingerprint density at radius 3 is 2.59 bits per heavy atom. The smallest absolute Gasteiger partial charge is 0.256 e.